The second kappa shape index (κ2) is 6.15. The molecule has 3 unspecified atom stereocenters. The zero-order valence-electron chi connectivity index (χ0n) is 11.6. The molecule has 1 aliphatic rings. The predicted octanol–water partition coefficient (Wildman–Crippen LogP) is 3.68. The lowest BCUT2D eigenvalue weighted by Gasteiger charge is -2.20. The molecular formula is C15H22N2O2. The van der Waals surface area contributed by atoms with Gasteiger partial charge in [0.15, 0.2) is 0 Å². The van der Waals surface area contributed by atoms with E-state index in [1.165, 1.54) is 19.3 Å². The first kappa shape index (κ1) is 14.0. The minimum atomic E-state index is -0.359. The van der Waals surface area contributed by atoms with Crippen molar-refractivity contribution >= 4 is 5.69 Å². The molecule has 1 aromatic carbocycles. The van der Waals surface area contributed by atoms with Gasteiger partial charge in [0.1, 0.15) is 0 Å². The van der Waals surface area contributed by atoms with Gasteiger partial charge in [-0.25, -0.2) is 0 Å². The van der Waals surface area contributed by atoms with Crippen LogP contribution in [0.25, 0.3) is 0 Å². The second-order valence-corrected chi connectivity index (χ2v) is 5.65. The molecule has 2 rings (SSSR count). The van der Waals surface area contributed by atoms with Gasteiger partial charge >= 0.3 is 0 Å². The van der Waals surface area contributed by atoms with Gasteiger partial charge in [0.2, 0.25) is 0 Å². The van der Waals surface area contributed by atoms with Crippen LogP contribution >= 0.6 is 0 Å². The van der Waals surface area contributed by atoms with Crippen LogP contribution in [0.15, 0.2) is 24.3 Å². The summed E-state index contributed by atoms with van der Waals surface area (Å²) in [6.45, 7) is 5.48. The van der Waals surface area contributed by atoms with Gasteiger partial charge < -0.3 is 5.32 Å². The summed E-state index contributed by atoms with van der Waals surface area (Å²) in [7, 11) is 0. The highest BCUT2D eigenvalue weighted by atomic mass is 16.6. The molecule has 1 N–H and O–H groups in total. The van der Waals surface area contributed by atoms with Crippen molar-refractivity contribution in [3.8, 4) is 0 Å². The topological polar surface area (TPSA) is 55.2 Å². The monoisotopic (exact) mass is 262 g/mol. The van der Waals surface area contributed by atoms with Crippen LogP contribution in [0.3, 0.4) is 0 Å². The van der Waals surface area contributed by atoms with Crippen molar-refractivity contribution in [2.75, 3.05) is 6.54 Å². The van der Waals surface area contributed by atoms with E-state index in [0.717, 1.165) is 23.9 Å². The number of nitrogens with zero attached hydrogens (tertiary/aromatic N) is 1. The molecule has 1 aliphatic carbocycles. The summed E-state index contributed by atoms with van der Waals surface area (Å²) < 4.78 is 0. The molecule has 0 heterocycles. The Balaban J connectivity index is 1.88. The van der Waals surface area contributed by atoms with E-state index in [-0.39, 0.29) is 16.7 Å². The smallest absolute Gasteiger partial charge is 0.269 e. The van der Waals surface area contributed by atoms with Gasteiger partial charge in [-0.1, -0.05) is 31.9 Å². The number of nitro groups is 1. The highest BCUT2D eigenvalue weighted by Gasteiger charge is 2.23. The Morgan fingerprint density at radius 1 is 1.37 bits per heavy atom. The maximum atomic E-state index is 10.6. The molecule has 1 saturated carbocycles. The Kier molecular flexibility index (Phi) is 4.53. The van der Waals surface area contributed by atoms with E-state index in [2.05, 4.69) is 19.2 Å². The van der Waals surface area contributed by atoms with Crippen molar-refractivity contribution < 1.29 is 4.92 Å². The van der Waals surface area contributed by atoms with E-state index in [9.17, 15) is 10.1 Å². The van der Waals surface area contributed by atoms with Crippen molar-refractivity contribution in [2.24, 2.45) is 11.8 Å². The molecular weight excluding hydrogens is 240 g/mol. The van der Waals surface area contributed by atoms with E-state index in [0.29, 0.717) is 0 Å². The summed E-state index contributed by atoms with van der Waals surface area (Å²) in [5, 5.41) is 14.2. The Bertz CT molecular complexity index is 430. The normalized spacial score (nSPS) is 24.3. The van der Waals surface area contributed by atoms with Crippen molar-refractivity contribution in [3.63, 3.8) is 0 Å². The van der Waals surface area contributed by atoms with Crippen LogP contribution in [0.2, 0.25) is 0 Å². The standard InChI is InChI=1S/C15H22N2O2/c1-11-4-3-5-14(11)10-16-12(2)13-6-8-15(9-7-13)17(18)19/h6-9,11-12,14,16H,3-5,10H2,1-2H3. The van der Waals surface area contributed by atoms with Gasteiger partial charge in [-0.3, -0.25) is 10.1 Å². The van der Waals surface area contributed by atoms with Gasteiger partial charge in [-0.15, -0.1) is 0 Å². The number of nitro benzene ring substituents is 1. The van der Waals surface area contributed by atoms with E-state index in [4.69, 9.17) is 0 Å². The molecule has 0 aliphatic heterocycles. The highest BCUT2D eigenvalue weighted by Crippen LogP contribution is 2.31. The van der Waals surface area contributed by atoms with Crippen LogP contribution in [-0.4, -0.2) is 11.5 Å². The molecule has 0 spiro atoms. The molecule has 104 valence electrons. The third-order valence-corrected chi connectivity index (χ3v) is 4.33. The number of rotatable bonds is 5. The first-order valence-corrected chi connectivity index (χ1v) is 7.05. The van der Waals surface area contributed by atoms with E-state index in [1.54, 1.807) is 12.1 Å². The third-order valence-electron chi connectivity index (χ3n) is 4.33. The SMILES string of the molecule is CC(NCC1CCCC1C)c1ccc([N+](=O)[O-])cc1. The molecule has 1 aromatic rings. The van der Waals surface area contributed by atoms with Crippen LogP contribution < -0.4 is 5.32 Å². The van der Waals surface area contributed by atoms with Gasteiger partial charge in [-0.05, 0) is 37.3 Å². The summed E-state index contributed by atoms with van der Waals surface area (Å²) in [6.07, 6.45) is 4.01. The van der Waals surface area contributed by atoms with Crippen molar-refractivity contribution in [1.29, 1.82) is 0 Å². The predicted molar refractivity (Wildman–Crippen MR) is 76.0 cm³/mol. The fourth-order valence-electron chi connectivity index (χ4n) is 2.86. The van der Waals surface area contributed by atoms with Crippen molar-refractivity contribution in [2.45, 2.75) is 39.2 Å². The van der Waals surface area contributed by atoms with Gasteiger partial charge in [0, 0.05) is 18.2 Å². The van der Waals surface area contributed by atoms with Gasteiger partial charge in [0.25, 0.3) is 5.69 Å². The number of nitrogens with one attached hydrogen (secondary N) is 1. The fourth-order valence-corrected chi connectivity index (χ4v) is 2.86. The van der Waals surface area contributed by atoms with Crippen LogP contribution in [0.4, 0.5) is 5.69 Å². The molecule has 0 saturated heterocycles. The maximum absolute atomic E-state index is 10.6. The molecule has 4 nitrogen and oxygen atoms in total. The number of hydrogen-bond donors (Lipinski definition) is 1. The Morgan fingerprint density at radius 2 is 2.05 bits per heavy atom. The van der Waals surface area contributed by atoms with E-state index >= 15 is 0 Å². The van der Waals surface area contributed by atoms with Crippen LogP contribution in [0, 0.1) is 22.0 Å². The summed E-state index contributed by atoms with van der Waals surface area (Å²) in [4.78, 5) is 10.2. The Morgan fingerprint density at radius 3 is 2.58 bits per heavy atom. The molecule has 4 heteroatoms. The van der Waals surface area contributed by atoms with Crippen molar-refractivity contribution in [1.82, 2.24) is 5.32 Å². The average Bonchev–Trinajstić information content (AvgIpc) is 2.81. The molecule has 0 bridgehead atoms. The minimum Gasteiger partial charge on any atom is -0.310 e. The number of non-ortho nitro benzene ring substituents is 1. The lowest BCUT2D eigenvalue weighted by atomic mass is 9.97. The largest absolute Gasteiger partial charge is 0.310 e. The fraction of sp³-hybridized carbons (Fsp3) is 0.600. The minimum absolute atomic E-state index is 0.153. The van der Waals surface area contributed by atoms with E-state index < -0.39 is 0 Å². The first-order chi connectivity index (χ1) is 9.08. The quantitative estimate of drug-likeness (QED) is 0.650. The van der Waals surface area contributed by atoms with Crippen LogP contribution in [0.5, 0.6) is 0 Å². The molecule has 1 fully saturated rings. The average molecular weight is 262 g/mol. The van der Waals surface area contributed by atoms with Crippen LogP contribution in [0.1, 0.15) is 44.7 Å². The Labute approximate surface area is 114 Å². The molecule has 19 heavy (non-hydrogen) atoms. The third kappa shape index (κ3) is 3.53. The van der Waals surface area contributed by atoms with Crippen LogP contribution in [-0.2, 0) is 0 Å². The number of hydrogen-bond acceptors (Lipinski definition) is 3. The summed E-state index contributed by atoms with van der Waals surface area (Å²) >= 11 is 0. The number of benzene rings is 1. The lowest BCUT2D eigenvalue weighted by Crippen LogP contribution is -2.26. The Hall–Kier alpha value is -1.42. The molecule has 0 radical (unpaired) electrons. The van der Waals surface area contributed by atoms with Gasteiger partial charge in [-0.2, -0.15) is 0 Å². The zero-order valence-corrected chi connectivity index (χ0v) is 11.6. The van der Waals surface area contributed by atoms with E-state index in [1.807, 2.05) is 12.1 Å². The summed E-state index contributed by atoms with van der Waals surface area (Å²) in [6, 6.07) is 7.08. The molecule has 3 atom stereocenters. The summed E-state index contributed by atoms with van der Waals surface area (Å²) in [5.41, 5.74) is 1.26. The summed E-state index contributed by atoms with van der Waals surface area (Å²) in [5.74, 6) is 1.59. The van der Waals surface area contributed by atoms with Gasteiger partial charge in [0.05, 0.1) is 4.92 Å². The maximum Gasteiger partial charge on any atom is 0.269 e. The second-order valence-electron chi connectivity index (χ2n) is 5.65. The van der Waals surface area contributed by atoms with Crippen molar-refractivity contribution in [3.05, 3.63) is 39.9 Å². The molecule has 0 amide bonds. The first-order valence-electron chi connectivity index (χ1n) is 7.05. The molecule has 0 aromatic heterocycles. The zero-order chi connectivity index (χ0) is 13.8. The highest BCUT2D eigenvalue weighted by molar-refractivity contribution is 5.34. The lowest BCUT2D eigenvalue weighted by molar-refractivity contribution is -0.384.